The molecule has 0 saturated carbocycles. The Bertz CT molecular complexity index is 479. The maximum Gasteiger partial charge on any atom is 0.225 e. The summed E-state index contributed by atoms with van der Waals surface area (Å²) in [6.07, 6.45) is 0.432. The van der Waals surface area contributed by atoms with Gasteiger partial charge in [0.2, 0.25) is 5.91 Å². The van der Waals surface area contributed by atoms with Crippen molar-refractivity contribution in [3.63, 3.8) is 0 Å². The molecule has 0 aliphatic heterocycles. The number of anilines is 1. The third-order valence-electron chi connectivity index (χ3n) is 3.36. The fraction of sp³-hybridized carbons (Fsp3) is 0.500. The van der Waals surface area contributed by atoms with E-state index in [2.05, 4.69) is 24.1 Å². The van der Waals surface area contributed by atoms with Gasteiger partial charge in [-0.05, 0) is 37.7 Å². The van der Waals surface area contributed by atoms with Crippen LogP contribution in [-0.4, -0.2) is 43.7 Å². The van der Waals surface area contributed by atoms with Crippen molar-refractivity contribution in [1.82, 2.24) is 4.90 Å². The highest BCUT2D eigenvalue weighted by Crippen LogP contribution is 2.09. The highest BCUT2D eigenvalue weighted by molar-refractivity contribution is 5.90. The van der Waals surface area contributed by atoms with Crippen molar-refractivity contribution >= 4 is 11.6 Å². The van der Waals surface area contributed by atoms with Gasteiger partial charge in [-0.25, -0.2) is 0 Å². The number of carbonyl (C=O) groups is 1. The molecule has 0 bridgehead atoms. The van der Waals surface area contributed by atoms with Crippen LogP contribution in [0.15, 0.2) is 24.3 Å². The fourth-order valence-corrected chi connectivity index (χ4v) is 2.13. The molecular weight excluding hydrogens is 266 g/mol. The van der Waals surface area contributed by atoms with Gasteiger partial charge in [0.05, 0.1) is 18.2 Å². The molecule has 1 aromatic carbocycles. The van der Waals surface area contributed by atoms with E-state index in [1.165, 1.54) is 0 Å². The number of ether oxygens (including phenoxy) is 1. The third kappa shape index (κ3) is 5.94. The molecule has 5 heteroatoms. The summed E-state index contributed by atoms with van der Waals surface area (Å²) >= 11 is 0. The van der Waals surface area contributed by atoms with Gasteiger partial charge in [-0.3, -0.25) is 9.69 Å². The summed E-state index contributed by atoms with van der Waals surface area (Å²) in [5.74, 6) is -0.0252. The van der Waals surface area contributed by atoms with Crippen molar-refractivity contribution < 1.29 is 9.53 Å². The van der Waals surface area contributed by atoms with Gasteiger partial charge in [0, 0.05) is 31.8 Å². The number of nitriles is 1. The van der Waals surface area contributed by atoms with Crippen molar-refractivity contribution in [2.45, 2.75) is 26.3 Å². The molecule has 21 heavy (non-hydrogen) atoms. The first kappa shape index (κ1) is 17.2. The molecule has 1 atom stereocenters. The standard InChI is InChI=1S/C16H23N3O2/c1-4-19(13(2)12-21-3)10-9-16(20)18-15-7-5-14(11-17)6-8-15/h5-8,13H,4,9-10,12H2,1-3H3,(H,18,20). The van der Waals surface area contributed by atoms with Crippen LogP contribution in [0, 0.1) is 11.3 Å². The van der Waals surface area contributed by atoms with E-state index in [4.69, 9.17) is 10.00 Å². The molecule has 0 aliphatic carbocycles. The number of rotatable bonds is 8. The van der Waals surface area contributed by atoms with Gasteiger partial charge in [-0.15, -0.1) is 0 Å². The molecule has 5 nitrogen and oxygen atoms in total. The van der Waals surface area contributed by atoms with Crippen LogP contribution in [0.3, 0.4) is 0 Å². The lowest BCUT2D eigenvalue weighted by Gasteiger charge is -2.26. The topological polar surface area (TPSA) is 65.4 Å². The summed E-state index contributed by atoms with van der Waals surface area (Å²) in [7, 11) is 1.68. The van der Waals surface area contributed by atoms with Crippen LogP contribution in [0.1, 0.15) is 25.8 Å². The van der Waals surface area contributed by atoms with Gasteiger partial charge >= 0.3 is 0 Å². The molecule has 0 radical (unpaired) electrons. The summed E-state index contributed by atoms with van der Waals surface area (Å²) in [6, 6.07) is 9.20. The Morgan fingerprint density at radius 3 is 2.62 bits per heavy atom. The molecule has 0 fully saturated rings. The number of amides is 1. The monoisotopic (exact) mass is 289 g/mol. The van der Waals surface area contributed by atoms with E-state index >= 15 is 0 Å². The maximum absolute atomic E-state index is 11.9. The molecule has 1 amide bonds. The smallest absolute Gasteiger partial charge is 0.225 e. The summed E-state index contributed by atoms with van der Waals surface area (Å²) in [4.78, 5) is 14.1. The first-order valence-electron chi connectivity index (χ1n) is 7.13. The zero-order valence-corrected chi connectivity index (χ0v) is 12.9. The summed E-state index contributed by atoms with van der Waals surface area (Å²) in [5.41, 5.74) is 1.30. The first-order valence-corrected chi connectivity index (χ1v) is 7.13. The molecule has 1 rings (SSSR count). The second-order valence-electron chi connectivity index (χ2n) is 4.92. The Morgan fingerprint density at radius 2 is 2.10 bits per heavy atom. The summed E-state index contributed by atoms with van der Waals surface area (Å²) in [6.45, 7) is 6.40. The van der Waals surface area contributed by atoms with Crippen molar-refractivity contribution in [2.24, 2.45) is 0 Å². The van der Waals surface area contributed by atoms with Crippen LogP contribution in [0.2, 0.25) is 0 Å². The van der Waals surface area contributed by atoms with Crippen molar-refractivity contribution in [3.05, 3.63) is 29.8 Å². The number of nitrogens with zero attached hydrogens (tertiary/aromatic N) is 2. The average Bonchev–Trinajstić information content (AvgIpc) is 2.49. The number of hydrogen-bond donors (Lipinski definition) is 1. The molecule has 0 spiro atoms. The molecule has 114 valence electrons. The minimum absolute atomic E-state index is 0.0252. The zero-order chi connectivity index (χ0) is 15.7. The van der Waals surface area contributed by atoms with Crippen LogP contribution >= 0.6 is 0 Å². The normalized spacial score (nSPS) is 12.0. The van der Waals surface area contributed by atoms with Gasteiger partial charge in [0.25, 0.3) is 0 Å². The predicted molar refractivity (Wildman–Crippen MR) is 83.0 cm³/mol. The van der Waals surface area contributed by atoms with E-state index in [-0.39, 0.29) is 5.91 Å². The van der Waals surface area contributed by atoms with Gasteiger partial charge in [0.1, 0.15) is 0 Å². The van der Waals surface area contributed by atoms with E-state index < -0.39 is 0 Å². The predicted octanol–water partition coefficient (Wildman–Crippen LogP) is 2.24. The number of methoxy groups -OCH3 is 1. The molecule has 0 saturated heterocycles. The largest absolute Gasteiger partial charge is 0.383 e. The van der Waals surface area contributed by atoms with Gasteiger partial charge in [-0.2, -0.15) is 5.26 Å². The summed E-state index contributed by atoms with van der Waals surface area (Å²) in [5, 5.41) is 11.6. The Kier molecular flexibility index (Phi) is 7.44. The third-order valence-corrected chi connectivity index (χ3v) is 3.36. The van der Waals surface area contributed by atoms with E-state index in [1.807, 2.05) is 6.07 Å². The number of carbonyl (C=O) groups excluding carboxylic acids is 1. The lowest BCUT2D eigenvalue weighted by molar-refractivity contribution is -0.116. The van der Waals surface area contributed by atoms with E-state index in [9.17, 15) is 4.79 Å². The lowest BCUT2D eigenvalue weighted by atomic mass is 10.2. The molecule has 0 heterocycles. The van der Waals surface area contributed by atoms with Gasteiger partial charge in [-0.1, -0.05) is 6.92 Å². The number of hydrogen-bond acceptors (Lipinski definition) is 4. The van der Waals surface area contributed by atoms with E-state index in [0.29, 0.717) is 36.9 Å². The second kappa shape index (κ2) is 9.11. The number of benzene rings is 1. The van der Waals surface area contributed by atoms with Gasteiger partial charge in [0.15, 0.2) is 0 Å². The van der Waals surface area contributed by atoms with Crippen molar-refractivity contribution in [2.75, 3.05) is 32.1 Å². The highest BCUT2D eigenvalue weighted by Gasteiger charge is 2.13. The summed E-state index contributed by atoms with van der Waals surface area (Å²) < 4.78 is 5.14. The zero-order valence-electron chi connectivity index (χ0n) is 12.9. The SMILES string of the molecule is CCN(CCC(=O)Nc1ccc(C#N)cc1)C(C)COC. The Hall–Kier alpha value is -1.90. The quantitative estimate of drug-likeness (QED) is 0.797. The fourth-order valence-electron chi connectivity index (χ4n) is 2.13. The van der Waals surface area contributed by atoms with E-state index in [0.717, 1.165) is 6.54 Å². The first-order chi connectivity index (χ1) is 10.1. The molecule has 1 aromatic rings. The Balaban J connectivity index is 2.43. The Morgan fingerprint density at radius 1 is 1.43 bits per heavy atom. The molecule has 1 unspecified atom stereocenters. The second-order valence-corrected chi connectivity index (χ2v) is 4.92. The van der Waals surface area contributed by atoms with Crippen LogP contribution in [0.4, 0.5) is 5.69 Å². The molecule has 0 aliphatic rings. The number of nitrogens with one attached hydrogen (secondary N) is 1. The highest BCUT2D eigenvalue weighted by atomic mass is 16.5. The van der Waals surface area contributed by atoms with Crippen molar-refractivity contribution in [3.8, 4) is 6.07 Å². The van der Waals surface area contributed by atoms with Crippen LogP contribution in [0.5, 0.6) is 0 Å². The molecule has 0 aromatic heterocycles. The number of likely N-dealkylation sites (N-methyl/N-ethyl adjacent to an activating group) is 1. The lowest BCUT2D eigenvalue weighted by Crippen LogP contribution is -2.38. The van der Waals surface area contributed by atoms with Gasteiger partial charge < -0.3 is 10.1 Å². The molecular formula is C16H23N3O2. The van der Waals surface area contributed by atoms with Crippen LogP contribution in [0.25, 0.3) is 0 Å². The minimum Gasteiger partial charge on any atom is -0.383 e. The van der Waals surface area contributed by atoms with Crippen LogP contribution < -0.4 is 5.32 Å². The minimum atomic E-state index is -0.0252. The molecule has 1 N–H and O–H groups in total. The Labute approximate surface area is 126 Å². The van der Waals surface area contributed by atoms with E-state index in [1.54, 1.807) is 31.4 Å². The van der Waals surface area contributed by atoms with Crippen molar-refractivity contribution in [1.29, 1.82) is 5.26 Å². The van der Waals surface area contributed by atoms with Crippen LogP contribution in [-0.2, 0) is 9.53 Å². The average molecular weight is 289 g/mol. The maximum atomic E-state index is 11.9.